The van der Waals surface area contributed by atoms with Crippen molar-refractivity contribution in [3.63, 3.8) is 0 Å². The van der Waals surface area contributed by atoms with Gasteiger partial charge in [-0.2, -0.15) is 12.6 Å². The zero-order valence-electron chi connectivity index (χ0n) is 5.83. The molecule has 0 spiro atoms. The summed E-state index contributed by atoms with van der Waals surface area (Å²) in [6, 6.07) is 0. The van der Waals surface area contributed by atoms with Crippen LogP contribution in [-0.2, 0) is 0 Å². The van der Waals surface area contributed by atoms with Crippen LogP contribution in [0, 0.1) is 0 Å². The van der Waals surface area contributed by atoms with Crippen LogP contribution in [0.2, 0.25) is 0 Å². The Morgan fingerprint density at radius 2 is 1.73 bits per heavy atom. The van der Waals surface area contributed by atoms with Gasteiger partial charge in [-0.15, -0.1) is 0 Å². The van der Waals surface area contributed by atoms with Gasteiger partial charge < -0.3 is 26.2 Å². The van der Waals surface area contributed by atoms with Crippen molar-refractivity contribution in [2.45, 2.75) is 23.7 Å². The van der Waals surface area contributed by atoms with Gasteiger partial charge in [-0.05, 0) is 0 Å². The highest BCUT2D eigenvalue weighted by Gasteiger charge is 2.26. The Hall–Kier alpha value is 0.150. The molecule has 0 aliphatic carbocycles. The molecule has 0 saturated carbocycles. The van der Waals surface area contributed by atoms with Crippen LogP contribution >= 0.6 is 12.6 Å². The van der Waals surface area contributed by atoms with Gasteiger partial charge in [0.15, 0.2) is 0 Å². The van der Waals surface area contributed by atoms with E-state index in [4.69, 9.17) is 26.2 Å². The molecule has 11 heavy (non-hydrogen) atoms. The van der Waals surface area contributed by atoms with Crippen LogP contribution in [-0.4, -0.2) is 50.7 Å². The molecular formula is C5H13NO4S. The minimum absolute atomic E-state index is 0.592. The molecule has 0 radical (unpaired) electrons. The molecule has 5 nitrogen and oxygen atoms in total. The summed E-state index contributed by atoms with van der Waals surface area (Å²) in [6.45, 7) is -0.592. The molecule has 0 aromatic heterocycles. The fourth-order valence-electron chi connectivity index (χ4n) is 0.538. The molecule has 4 atom stereocenters. The second-order valence-electron chi connectivity index (χ2n) is 2.22. The van der Waals surface area contributed by atoms with Gasteiger partial charge in [0.05, 0.1) is 18.0 Å². The highest BCUT2D eigenvalue weighted by Crippen LogP contribution is 2.08. The Labute approximate surface area is 69.9 Å². The summed E-state index contributed by atoms with van der Waals surface area (Å²) in [4.78, 5) is 0. The molecule has 0 aromatic rings. The lowest BCUT2D eigenvalue weighted by Gasteiger charge is -2.23. The molecule has 0 saturated heterocycles. The fraction of sp³-hybridized carbons (Fsp3) is 1.00. The van der Waals surface area contributed by atoms with Gasteiger partial charge >= 0.3 is 0 Å². The molecule has 6 heteroatoms. The number of rotatable bonds is 4. The van der Waals surface area contributed by atoms with Crippen molar-refractivity contribution in [2.24, 2.45) is 5.73 Å². The third kappa shape index (κ3) is 3.37. The first-order valence-corrected chi connectivity index (χ1v) is 3.61. The molecule has 1 unspecified atom stereocenters. The standard InChI is InChI=1S/C5H13NO4S/c6-5(10)4(11)3(9)2(8)1-7/h2-5,7-11H,1,6H2/t2-,3-,4+,5?/m0/s1. The predicted molar refractivity (Wildman–Crippen MR) is 42.1 cm³/mol. The molecule has 68 valence electrons. The zero-order valence-corrected chi connectivity index (χ0v) is 6.72. The lowest BCUT2D eigenvalue weighted by atomic mass is 10.1. The van der Waals surface area contributed by atoms with Crippen molar-refractivity contribution in [1.29, 1.82) is 0 Å². The van der Waals surface area contributed by atoms with Crippen LogP contribution in [0.4, 0.5) is 0 Å². The molecule has 0 rings (SSSR count). The van der Waals surface area contributed by atoms with Crippen LogP contribution in [0.25, 0.3) is 0 Å². The predicted octanol–water partition coefficient (Wildman–Crippen LogP) is -2.72. The molecule has 0 bridgehead atoms. The van der Waals surface area contributed by atoms with E-state index >= 15 is 0 Å². The second-order valence-corrected chi connectivity index (χ2v) is 2.82. The first kappa shape index (κ1) is 11.2. The first-order valence-electron chi connectivity index (χ1n) is 3.09. The number of aliphatic hydroxyl groups excluding tert-OH is 4. The van der Waals surface area contributed by atoms with E-state index in [0.717, 1.165) is 0 Å². The fourth-order valence-corrected chi connectivity index (χ4v) is 0.736. The molecule has 0 fully saturated rings. The van der Waals surface area contributed by atoms with Gasteiger partial charge in [-0.1, -0.05) is 0 Å². The molecule has 0 aromatic carbocycles. The lowest BCUT2D eigenvalue weighted by Crippen LogP contribution is -2.46. The van der Waals surface area contributed by atoms with E-state index in [1.54, 1.807) is 0 Å². The molecule has 6 N–H and O–H groups in total. The van der Waals surface area contributed by atoms with Crippen LogP contribution in [0.5, 0.6) is 0 Å². The largest absolute Gasteiger partial charge is 0.394 e. The number of hydrogen-bond acceptors (Lipinski definition) is 6. The quantitative estimate of drug-likeness (QED) is 0.210. The smallest absolute Gasteiger partial charge is 0.116 e. The minimum Gasteiger partial charge on any atom is -0.394 e. The highest BCUT2D eigenvalue weighted by molar-refractivity contribution is 7.81. The van der Waals surface area contributed by atoms with Crippen molar-refractivity contribution in [3.8, 4) is 0 Å². The van der Waals surface area contributed by atoms with Gasteiger partial charge in [0.25, 0.3) is 0 Å². The third-order valence-electron chi connectivity index (χ3n) is 1.28. The van der Waals surface area contributed by atoms with Gasteiger partial charge in [-0.25, -0.2) is 0 Å². The Bertz CT molecular complexity index is 113. The maximum absolute atomic E-state index is 9.03. The van der Waals surface area contributed by atoms with Gasteiger partial charge in [-0.3, -0.25) is 0 Å². The van der Waals surface area contributed by atoms with E-state index in [-0.39, 0.29) is 0 Å². The summed E-state index contributed by atoms with van der Waals surface area (Å²) in [6.07, 6.45) is -3.98. The van der Waals surface area contributed by atoms with Crippen molar-refractivity contribution >= 4 is 12.6 Å². The molecular weight excluding hydrogens is 170 g/mol. The number of nitrogens with two attached hydrogens (primary N) is 1. The van der Waals surface area contributed by atoms with E-state index in [0.29, 0.717) is 0 Å². The Morgan fingerprint density at radius 1 is 1.27 bits per heavy atom. The monoisotopic (exact) mass is 183 g/mol. The van der Waals surface area contributed by atoms with Crippen molar-refractivity contribution in [1.82, 2.24) is 0 Å². The maximum Gasteiger partial charge on any atom is 0.116 e. The topological polar surface area (TPSA) is 107 Å². The van der Waals surface area contributed by atoms with E-state index in [1.807, 2.05) is 0 Å². The Balaban J connectivity index is 3.90. The van der Waals surface area contributed by atoms with E-state index < -0.39 is 30.3 Å². The number of hydrogen-bond donors (Lipinski definition) is 6. The van der Waals surface area contributed by atoms with Crippen LogP contribution < -0.4 is 5.73 Å². The molecule has 0 aliphatic rings. The summed E-state index contributed by atoms with van der Waals surface area (Å²) in [5.41, 5.74) is 4.96. The Kier molecular flexibility index (Phi) is 4.98. The van der Waals surface area contributed by atoms with Gasteiger partial charge in [0.1, 0.15) is 12.3 Å². The van der Waals surface area contributed by atoms with Gasteiger partial charge in [0.2, 0.25) is 0 Å². The molecule has 0 amide bonds. The lowest BCUT2D eigenvalue weighted by molar-refractivity contribution is -0.0305. The van der Waals surface area contributed by atoms with Gasteiger partial charge in [0, 0.05) is 0 Å². The molecule has 0 heterocycles. The average Bonchev–Trinajstić information content (AvgIpc) is 2.00. The maximum atomic E-state index is 9.03. The van der Waals surface area contributed by atoms with Crippen molar-refractivity contribution < 1.29 is 20.4 Å². The average molecular weight is 183 g/mol. The van der Waals surface area contributed by atoms with Crippen LogP contribution in [0.1, 0.15) is 0 Å². The minimum atomic E-state index is -1.33. The summed E-state index contributed by atoms with van der Waals surface area (Å²) in [7, 11) is 0. The number of thiol groups is 1. The summed E-state index contributed by atoms with van der Waals surface area (Å²) < 4.78 is 0. The van der Waals surface area contributed by atoms with Crippen molar-refractivity contribution in [3.05, 3.63) is 0 Å². The van der Waals surface area contributed by atoms with E-state index in [2.05, 4.69) is 12.6 Å². The summed E-state index contributed by atoms with van der Waals surface area (Å²) in [5.74, 6) is 0. The first-order chi connectivity index (χ1) is 5.00. The SMILES string of the molecule is NC(O)[C@H](S)[C@@H](O)[C@@H](O)CO. The summed E-state index contributed by atoms with van der Waals surface area (Å²) in [5, 5.41) is 34.0. The molecule has 0 aliphatic heterocycles. The summed E-state index contributed by atoms with van der Waals surface area (Å²) >= 11 is 3.72. The van der Waals surface area contributed by atoms with Crippen molar-refractivity contribution in [2.75, 3.05) is 6.61 Å². The van der Waals surface area contributed by atoms with E-state index in [9.17, 15) is 0 Å². The highest BCUT2D eigenvalue weighted by atomic mass is 32.1. The second kappa shape index (κ2) is 4.91. The third-order valence-corrected chi connectivity index (χ3v) is 1.89. The van der Waals surface area contributed by atoms with E-state index in [1.165, 1.54) is 0 Å². The normalized spacial score (nSPS) is 22.4. The van der Waals surface area contributed by atoms with Crippen LogP contribution in [0.3, 0.4) is 0 Å². The number of aliphatic hydroxyl groups is 4. The zero-order chi connectivity index (χ0) is 9.02. The Morgan fingerprint density at radius 3 is 2.00 bits per heavy atom. The van der Waals surface area contributed by atoms with Crippen LogP contribution in [0.15, 0.2) is 0 Å².